The molecule has 122 valence electrons. The lowest BCUT2D eigenvalue weighted by Gasteiger charge is -2.34. The van der Waals surface area contributed by atoms with E-state index < -0.39 is 17.1 Å². The van der Waals surface area contributed by atoms with Crippen LogP contribution >= 0.6 is 0 Å². The van der Waals surface area contributed by atoms with Crippen LogP contribution in [0.15, 0.2) is 29.2 Å². The summed E-state index contributed by atoms with van der Waals surface area (Å²) in [5, 5.41) is 18.1. The van der Waals surface area contributed by atoms with E-state index in [1.54, 1.807) is 0 Å². The van der Waals surface area contributed by atoms with Gasteiger partial charge in [0.1, 0.15) is 0 Å². The second-order valence-corrected chi connectivity index (χ2v) is 7.98. The van der Waals surface area contributed by atoms with E-state index >= 15 is 0 Å². The molecule has 1 heterocycles. The van der Waals surface area contributed by atoms with Crippen molar-refractivity contribution in [1.82, 2.24) is 9.21 Å². The summed E-state index contributed by atoms with van der Waals surface area (Å²) in [7, 11) is -5.10. The van der Waals surface area contributed by atoms with Gasteiger partial charge < -0.3 is 14.9 Å². The fraction of sp³-hybridized carbons (Fsp3) is 0.571. The predicted octanol–water partition coefficient (Wildman–Crippen LogP) is -0.671. The minimum Gasteiger partial charge on any atom is -0.423 e. The van der Waals surface area contributed by atoms with Crippen LogP contribution in [0.4, 0.5) is 0 Å². The molecule has 1 aromatic rings. The van der Waals surface area contributed by atoms with Gasteiger partial charge in [0.15, 0.2) is 0 Å². The Labute approximate surface area is 132 Å². The Morgan fingerprint density at radius 1 is 1.09 bits per heavy atom. The van der Waals surface area contributed by atoms with E-state index in [9.17, 15) is 8.42 Å². The van der Waals surface area contributed by atoms with Crippen LogP contribution in [0.5, 0.6) is 0 Å². The third kappa shape index (κ3) is 4.08. The zero-order valence-corrected chi connectivity index (χ0v) is 13.8. The zero-order chi connectivity index (χ0) is 16.3. The van der Waals surface area contributed by atoms with Crippen molar-refractivity contribution in [3.05, 3.63) is 24.3 Å². The maximum Gasteiger partial charge on any atom is 0.488 e. The Kier molecular flexibility index (Phi) is 5.62. The predicted molar refractivity (Wildman–Crippen MR) is 86.3 cm³/mol. The first-order valence-corrected chi connectivity index (χ1v) is 8.93. The van der Waals surface area contributed by atoms with Crippen molar-refractivity contribution < 1.29 is 18.5 Å². The summed E-state index contributed by atoms with van der Waals surface area (Å²) in [6.45, 7) is 7.74. The molecule has 1 aliphatic heterocycles. The quantitative estimate of drug-likeness (QED) is 0.702. The van der Waals surface area contributed by atoms with E-state index in [0.29, 0.717) is 19.0 Å². The van der Waals surface area contributed by atoms with Gasteiger partial charge in [0.05, 0.1) is 4.90 Å². The molecule has 1 fully saturated rings. The lowest BCUT2D eigenvalue weighted by molar-refractivity contribution is 0.172. The van der Waals surface area contributed by atoms with Crippen LogP contribution in [-0.4, -0.2) is 67.5 Å². The van der Waals surface area contributed by atoms with Crippen LogP contribution < -0.4 is 5.46 Å². The fourth-order valence-electron chi connectivity index (χ4n) is 2.63. The molecule has 0 saturated carbocycles. The van der Waals surface area contributed by atoms with Crippen molar-refractivity contribution in [2.75, 3.05) is 32.7 Å². The average Bonchev–Trinajstić information content (AvgIpc) is 2.47. The highest BCUT2D eigenvalue weighted by molar-refractivity contribution is 7.89. The molecule has 1 saturated heterocycles. The Morgan fingerprint density at radius 3 is 2.09 bits per heavy atom. The second kappa shape index (κ2) is 7.10. The van der Waals surface area contributed by atoms with Gasteiger partial charge in [-0.3, -0.25) is 0 Å². The molecule has 22 heavy (non-hydrogen) atoms. The molecule has 0 radical (unpaired) electrons. The molecule has 0 unspecified atom stereocenters. The molecule has 6 nitrogen and oxygen atoms in total. The van der Waals surface area contributed by atoms with E-state index in [1.165, 1.54) is 28.6 Å². The SMILES string of the molecule is CC(C)CN1CCN(S(=O)(=O)c2ccc(B(O)O)cc2)CC1. The lowest BCUT2D eigenvalue weighted by Crippen LogP contribution is -2.49. The van der Waals surface area contributed by atoms with Crippen molar-refractivity contribution in [1.29, 1.82) is 0 Å². The molecule has 0 bridgehead atoms. The highest BCUT2D eigenvalue weighted by Gasteiger charge is 2.28. The van der Waals surface area contributed by atoms with E-state index in [1.807, 2.05) is 0 Å². The summed E-state index contributed by atoms with van der Waals surface area (Å²) in [6.07, 6.45) is 0. The summed E-state index contributed by atoms with van der Waals surface area (Å²) >= 11 is 0. The Bertz CT molecular complexity index is 581. The van der Waals surface area contributed by atoms with Gasteiger partial charge in [-0.15, -0.1) is 0 Å². The molecule has 0 aromatic heterocycles. The van der Waals surface area contributed by atoms with Gasteiger partial charge in [-0.25, -0.2) is 8.42 Å². The van der Waals surface area contributed by atoms with Gasteiger partial charge >= 0.3 is 7.12 Å². The molecule has 1 aromatic carbocycles. The molecule has 2 rings (SSSR count). The van der Waals surface area contributed by atoms with Gasteiger partial charge in [0, 0.05) is 32.7 Å². The van der Waals surface area contributed by atoms with Crippen LogP contribution in [0.2, 0.25) is 0 Å². The summed E-state index contributed by atoms with van der Waals surface area (Å²) in [5.41, 5.74) is 0.278. The molecule has 0 spiro atoms. The van der Waals surface area contributed by atoms with Gasteiger partial charge in [-0.05, 0) is 23.5 Å². The summed E-state index contributed by atoms with van der Waals surface area (Å²) in [4.78, 5) is 2.47. The Hall–Kier alpha value is -0.925. The van der Waals surface area contributed by atoms with Crippen LogP contribution in [0.1, 0.15) is 13.8 Å². The van der Waals surface area contributed by atoms with Crippen LogP contribution in [0.3, 0.4) is 0 Å². The number of hydrogen-bond donors (Lipinski definition) is 2. The third-order valence-corrected chi connectivity index (χ3v) is 5.68. The van der Waals surface area contributed by atoms with Crippen LogP contribution in [0.25, 0.3) is 0 Å². The van der Waals surface area contributed by atoms with Crippen molar-refractivity contribution in [3.8, 4) is 0 Å². The Balaban J connectivity index is 2.05. The molecular weight excluding hydrogens is 303 g/mol. The van der Waals surface area contributed by atoms with Crippen molar-refractivity contribution >= 4 is 22.6 Å². The first-order valence-electron chi connectivity index (χ1n) is 7.49. The highest BCUT2D eigenvalue weighted by atomic mass is 32.2. The van der Waals surface area contributed by atoms with Crippen LogP contribution in [0, 0.1) is 5.92 Å². The molecular formula is C14H23BN2O4S. The van der Waals surface area contributed by atoms with E-state index in [2.05, 4.69) is 18.7 Å². The van der Waals surface area contributed by atoms with Gasteiger partial charge in [-0.2, -0.15) is 4.31 Å². The van der Waals surface area contributed by atoms with Crippen molar-refractivity contribution in [2.45, 2.75) is 18.7 Å². The number of nitrogens with zero attached hydrogens (tertiary/aromatic N) is 2. The fourth-order valence-corrected chi connectivity index (χ4v) is 4.05. The average molecular weight is 326 g/mol. The third-order valence-electron chi connectivity index (χ3n) is 3.77. The van der Waals surface area contributed by atoms with Gasteiger partial charge in [0.25, 0.3) is 0 Å². The molecule has 8 heteroatoms. The summed E-state index contributed by atoms with van der Waals surface area (Å²) in [6, 6.07) is 5.69. The number of piperazine rings is 1. The standard InChI is InChI=1S/C14H23BN2O4S/c1-12(2)11-16-7-9-17(10-8-16)22(20,21)14-5-3-13(4-6-14)15(18)19/h3-6,12,18-19H,7-11H2,1-2H3. The number of benzene rings is 1. The maximum absolute atomic E-state index is 12.6. The topological polar surface area (TPSA) is 81.1 Å². The monoisotopic (exact) mass is 326 g/mol. The minimum absolute atomic E-state index is 0.189. The van der Waals surface area contributed by atoms with Gasteiger partial charge in [-0.1, -0.05) is 26.0 Å². The first kappa shape index (κ1) is 17.4. The number of rotatable bonds is 5. The summed E-state index contributed by atoms with van der Waals surface area (Å²) in [5.74, 6) is 0.570. The highest BCUT2D eigenvalue weighted by Crippen LogP contribution is 2.17. The van der Waals surface area contributed by atoms with E-state index in [0.717, 1.165) is 19.6 Å². The van der Waals surface area contributed by atoms with Crippen LogP contribution in [-0.2, 0) is 10.0 Å². The molecule has 1 aliphatic rings. The molecule has 0 amide bonds. The zero-order valence-electron chi connectivity index (χ0n) is 13.0. The second-order valence-electron chi connectivity index (χ2n) is 6.04. The molecule has 2 N–H and O–H groups in total. The van der Waals surface area contributed by atoms with Crippen molar-refractivity contribution in [2.24, 2.45) is 5.92 Å². The molecule has 0 atom stereocenters. The van der Waals surface area contributed by atoms with Gasteiger partial charge in [0.2, 0.25) is 10.0 Å². The normalized spacial score (nSPS) is 17.9. The first-order chi connectivity index (χ1) is 10.3. The lowest BCUT2D eigenvalue weighted by atomic mass is 9.81. The minimum atomic E-state index is -3.51. The smallest absolute Gasteiger partial charge is 0.423 e. The van der Waals surface area contributed by atoms with E-state index in [-0.39, 0.29) is 10.4 Å². The number of hydrogen-bond acceptors (Lipinski definition) is 5. The Morgan fingerprint density at radius 2 is 1.64 bits per heavy atom. The molecule has 0 aliphatic carbocycles. The van der Waals surface area contributed by atoms with E-state index in [4.69, 9.17) is 10.0 Å². The number of sulfonamides is 1. The summed E-state index contributed by atoms with van der Waals surface area (Å²) < 4.78 is 26.7. The maximum atomic E-state index is 12.6. The largest absolute Gasteiger partial charge is 0.488 e. The van der Waals surface area contributed by atoms with Crippen molar-refractivity contribution in [3.63, 3.8) is 0 Å².